The molecule has 0 radical (unpaired) electrons. The summed E-state index contributed by atoms with van der Waals surface area (Å²) in [6.45, 7) is 0.279. The fourth-order valence-corrected chi connectivity index (χ4v) is 0.724. The Hall–Kier alpha value is -0.120. The van der Waals surface area contributed by atoms with E-state index in [4.69, 9.17) is 14.9 Å². The van der Waals surface area contributed by atoms with Crippen LogP contribution in [-0.2, 0) is 4.74 Å². The van der Waals surface area contributed by atoms with Gasteiger partial charge in [0.2, 0.25) is 0 Å². The van der Waals surface area contributed by atoms with Crippen LogP contribution in [0, 0.1) is 0 Å². The Morgan fingerprint density at radius 1 is 1.25 bits per heavy atom. The highest BCUT2D eigenvalue weighted by Gasteiger charge is 2.16. The molecular weight excluding hydrogens is 108 g/mol. The molecule has 0 aliphatic carbocycles. The van der Waals surface area contributed by atoms with E-state index in [1.165, 1.54) is 0 Å². The largest absolute Gasteiger partial charge is 0.391 e. The highest BCUT2D eigenvalue weighted by molar-refractivity contribution is 4.60. The quantitative estimate of drug-likeness (QED) is 0.450. The molecule has 1 heterocycles. The maximum Gasteiger partial charge on any atom is 0.154 e. The van der Waals surface area contributed by atoms with Gasteiger partial charge in [0.15, 0.2) is 6.29 Å². The van der Waals surface area contributed by atoms with E-state index in [2.05, 4.69) is 0 Å². The summed E-state index contributed by atoms with van der Waals surface area (Å²) in [4.78, 5) is 0. The molecule has 0 saturated carbocycles. The van der Waals surface area contributed by atoms with E-state index >= 15 is 0 Å². The first-order chi connectivity index (χ1) is 3.79. The second kappa shape index (κ2) is 2.44. The second-order valence-corrected chi connectivity index (χ2v) is 2.02. The summed E-state index contributed by atoms with van der Waals surface area (Å²) in [5.41, 5.74) is 0. The lowest BCUT2D eigenvalue weighted by Gasteiger charge is -2.21. The lowest BCUT2D eigenvalue weighted by atomic mass is 10.2. The van der Waals surface area contributed by atoms with Crippen molar-refractivity contribution in [1.82, 2.24) is 0 Å². The molecule has 1 fully saturated rings. The molecule has 2 N–H and O–H groups in total. The third-order valence-corrected chi connectivity index (χ3v) is 1.23. The average Bonchev–Trinajstić information content (AvgIpc) is 1.77. The first-order valence-corrected chi connectivity index (χ1v) is 2.77. The molecule has 0 bridgehead atoms. The minimum absolute atomic E-state index is 0.279. The number of rotatable bonds is 0. The Kier molecular flexibility index (Phi) is 1.83. The molecule has 0 amide bonds. The van der Waals surface area contributed by atoms with Gasteiger partial charge in [-0.1, -0.05) is 0 Å². The van der Waals surface area contributed by atoms with Crippen LogP contribution >= 0.6 is 0 Å². The van der Waals surface area contributed by atoms with Crippen molar-refractivity contribution in [2.75, 3.05) is 6.61 Å². The van der Waals surface area contributed by atoms with Gasteiger partial charge < -0.3 is 14.9 Å². The van der Waals surface area contributed by atoms with Gasteiger partial charge in [-0.05, 0) is 6.42 Å². The van der Waals surface area contributed by atoms with Gasteiger partial charge in [-0.15, -0.1) is 0 Å². The molecule has 1 aliphatic heterocycles. The molecule has 0 aromatic rings. The van der Waals surface area contributed by atoms with Gasteiger partial charge in [0.1, 0.15) is 0 Å². The van der Waals surface area contributed by atoms with Crippen LogP contribution in [0.25, 0.3) is 0 Å². The average molecular weight is 118 g/mol. The van der Waals surface area contributed by atoms with E-state index in [0.29, 0.717) is 12.8 Å². The van der Waals surface area contributed by atoms with Crippen molar-refractivity contribution in [1.29, 1.82) is 0 Å². The number of aliphatic hydroxyl groups is 2. The van der Waals surface area contributed by atoms with Gasteiger partial charge in [0, 0.05) is 6.42 Å². The molecule has 1 saturated heterocycles. The minimum atomic E-state index is -0.640. The smallest absolute Gasteiger partial charge is 0.154 e. The van der Waals surface area contributed by atoms with E-state index in [-0.39, 0.29) is 12.7 Å². The normalized spacial score (nSPS) is 39.8. The maximum absolute atomic E-state index is 8.79. The lowest BCUT2D eigenvalue weighted by molar-refractivity contribution is -0.155. The fraction of sp³-hybridized carbons (Fsp3) is 1.00. The van der Waals surface area contributed by atoms with Crippen molar-refractivity contribution >= 4 is 0 Å². The Bertz CT molecular complexity index is 56.1. The van der Waals surface area contributed by atoms with E-state index < -0.39 is 6.29 Å². The summed E-state index contributed by atoms with van der Waals surface area (Å²) in [5.74, 6) is 0. The summed E-state index contributed by atoms with van der Waals surface area (Å²) < 4.78 is 4.70. The van der Waals surface area contributed by atoms with Crippen molar-refractivity contribution in [3.8, 4) is 0 Å². The summed E-state index contributed by atoms with van der Waals surface area (Å²) in [6.07, 6.45) is 0.208. The first-order valence-electron chi connectivity index (χ1n) is 2.77. The highest BCUT2D eigenvalue weighted by Crippen LogP contribution is 2.09. The van der Waals surface area contributed by atoms with Crippen LogP contribution in [0.2, 0.25) is 0 Å². The SMILES string of the molecule is O[C@@H]1CC[C@@H](O)OC1. The van der Waals surface area contributed by atoms with Gasteiger partial charge in [0.05, 0.1) is 12.7 Å². The zero-order valence-corrected chi connectivity index (χ0v) is 4.58. The van der Waals surface area contributed by atoms with Crippen LogP contribution in [-0.4, -0.2) is 29.2 Å². The molecule has 1 rings (SSSR count). The van der Waals surface area contributed by atoms with Crippen molar-refractivity contribution in [3.05, 3.63) is 0 Å². The van der Waals surface area contributed by atoms with E-state index in [9.17, 15) is 0 Å². The molecule has 0 aromatic heterocycles. The third-order valence-electron chi connectivity index (χ3n) is 1.23. The van der Waals surface area contributed by atoms with Crippen molar-refractivity contribution in [3.63, 3.8) is 0 Å². The molecule has 1 aliphatic rings. The van der Waals surface area contributed by atoms with Crippen LogP contribution in [0.3, 0.4) is 0 Å². The number of hydrogen-bond acceptors (Lipinski definition) is 3. The zero-order chi connectivity index (χ0) is 5.98. The van der Waals surface area contributed by atoms with Crippen molar-refractivity contribution < 1.29 is 14.9 Å². The molecule has 0 spiro atoms. The summed E-state index contributed by atoms with van der Waals surface area (Å²) in [6, 6.07) is 0. The monoisotopic (exact) mass is 118 g/mol. The predicted molar refractivity (Wildman–Crippen MR) is 27.2 cm³/mol. The molecule has 2 atom stereocenters. The number of aliphatic hydroxyl groups excluding tert-OH is 2. The Labute approximate surface area is 47.9 Å². The van der Waals surface area contributed by atoms with Crippen molar-refractivity contribution in [2.45, 2.75) is 25.2 Å². The van der Waals surface area contributed by atoms with Gasteiger partial charge >= 0.3 is 0 Å². The number of hydrogen-bond donors (Lipinski definition) is 2. The van der Waals surface area contributed by atoms with Crippen LogP contribution in [0.15, 0.2) is 0 Å². The minimum Gasteiger partial charge on any atom is -0.391 e. The molecule has 48 valence electrons. The highest BCUT2D eigenvalue weighted by atomic mass is 16.6. The molecule has 8 heavy (non-hydrogen) atoms. The topological polar surface area (TPSA) is 49.7 Å². The molecule has 3 nitrogen and oxygen atoms in total. The van der Waals surface area contributed by atoms with Gasteiger partial charge in [-0.25, -0.2) is 0 Å². The third kappa shape index (κ3) is 1.43. The first kappa shape index (κ1) is 6.01. The Morgan fingerprint density at radius 2 is 2.00 bits per heavy atom. The van der Waals surface area contributed by atoms with Crippen molar-refractivity contribution in [2.24, 2.45) is 0 Å². The van der Waals surface area contributed by atoms with E-state index in [1.54, 1.807) is 0 Å². The molecule has 0 aromatic carbocycles. The van der Waals surface area contributed by atoms with Crippen LogP contribution in [0.4, 0.5) is 0 Å². The van der Waals surface area contributed by atoms with E-state index in [0.717, 1.165) is 0 Å². The summed E-state index contributed by atoms with van der Waals surface area (Å²) >= 11 is 0. The van der Waals surface area contributed by atoms with Crippen LogP contribution < -0.4 is 0 Å². The molecule has 0 unspecified atom stereocenters. The van der Waals surface area contributed by atoms with Gasteiger partial charge in [0.25, 0.3) is 0 Å². The zero-order valence-electron chi connectivity index (χ0n) is 4.58. The Balaban J connectivity index is 2.19. The fourth-order valence-electron chi connectivity index (χ4n) is 0.724. The summed E-state index contributed by atoms with van der Waals surface area (Å²) in [7, 11) is 0. The van der Waals surface area contributed by atoms with Gasteiger partial charge in [-0.3, -0.25) is 0 Å². The van der Waals surface area contributed by atoms with Gasteiger partial charge in [-0.2, -0.15) is 0 Å². The number of ether oxygens (including phenoxy) is 1. The maximum atomic E-state index is 8.79. The van der Waals surface area contributed by atoms with E-state index in [1.807, 2.05) is 0 Å². The lowest BCUT2D eigenvalue weighted by Crippen LogP contribution is -2.28. The predicted octanol–water partition coefficient (Wildman–Crippen LogP) is -0.524. The second-order valence-electron chi connectivity index (χ2n) is 2.02. The van der Waals surface area contributed by atoms with Crippen LogP contribution in [0.1, 0.15) is 12.8 Å². The van der Waals surface area contributed by atoms with Crippen LogP contribution in [0.5, 0.6) is 0 Å². The molecular formula is C5H10O3. The standard InChI is InChI=1S/C5H10O3/c6-4-1-2-5(7)8-3-4/h4-7H,1-3H2/t4-,5+/m1/s1. The molecule has 3 heteroatoms. The Morgan fingerprint density at radius 3 is 2.38 bits per heavy atom. The summed E-state index contributed by atoms with van der Waals surface area (Å²) in [5, 5.41) is 17.5.